The van der Waals surface area contributed by atoms with E-state index in [1.165, 1.54) is 0 Å². The minimum absolute atomic E-state index is 0.00379. The van der Waals surface area contributed by atoms with Gasteiger partial charge in [-0.1, -0.05) is 30.3 Å². The maximum absolute atomic E-state index is 12.8. The first kappa shape index (κ1) is 16.2. The predicted octanol–water partition coefficient (Wildman–Crippen LogP) is 2.26. The normalized spacial score (nSPS) is 12.0. The molecular weight excluding hydrogens is 276 g/mol. The van der Waals surface area contributed by atoms with Crippen LogP contribution in [-0.4, -0.2) is 38.1 Å². The fourth-order valence-corrected chi connectivity index (χ4v) is 2.31. The van der Waals surface area contributed by atoms with Gasteiger partial charge in [0.2, 0.25) is 0 Å². The molecule has 0 aliphatic rings. The second-order valence-electron chi connectivity index (χ2n) is 5.33. The van der Waals surface area contributed by atoms with Crippen LogP contribution in [-0.2, 0) is 0 Å². The van der Waals surface area contributed by atoms with E-state index in [0.29, 0.717) is 12.1 Å². The Labute approximate surface area is 131 Å². The van der Waals surface area contributed by atoms with Crippen molar-refractivity contribution in [2.45, 2.75) is 6.04 Å². The first-order chi connectivity index (χ1) is 10.6. The number of carbonyl (C=O) groups excluding carboxylic acids is 1. The predicted molar refractivity (Wildman–Crippen MR) is 89.4 cm³/mol. The van der Waals surface area contributed by atoms with Crippen LogP contribution in [0, 0.1) is 0 Å². The number of Topliss-reactive ketones (excluding diaryl/α,β-unsaturated/α-hetero) is 1. The number of hydrogen-bond donors (Lipinski definition) is 2. The van der Waals surface area contributed by atoms with Gasteiger partial charge in [-0.3, -0.25) is 4.79 Å². The van der Waals surface area contributed by atoms with Gasteiger partial charge in [-0.05, 0) is 29.8 Å². The largest absolute Gasteiger partial charge is 0.395 e. The molecule has 0 aliphatic heterocycles. The van der Waals surface area contributed by atoms with Gasteiger partial charge in [0.15, 0.2) is 5.78 Å². The molecule has 0 fully saturated rings. The second-order valence-corrected chi connectivity index (χ2v) is 5.33. The molecule has 0 saturated carbocycles. The molecule has 4 heteroatoms. The molecule has 1 atom stereocenters. The number of rotatable bonds is 7. The molecule has 2 N–H and O–H groups in total. The van der Waals surface area contributed by atoms with Gasteiger partial charge in [-0.25, -0.2) is 0 Å². The summed E-state index contributed by atoms with van der Waals surface area (Å²) in [6.45, 7) is 0.372. The molecule has 0 bridgehead atoms. The number of nitrogens with one attached hydrogen (secondary N) is 1. The molecule has 0 aliphatic carbocycles. The van der Waals surface area contributed by atoms with Crippen LogP contribution >= 0.6 is 0 Å². The highest BCUT2D eigenvalue weighted by molar-refractivity contribution is 6.00. The monoisotopic (exact) mass is 298 g/mol. The second kappa shape index (κ2) is 7.73. The summed E-state index contributed by atoms with van der Waals surface area (Å²) in [5.41, 5.74) is 2.61. The average Bonchev–Trinajstić information content (AvgIpc) is 2.56. The van der Waals surface area contributed by atoms with Crippen LogP contribution in [0.3, 0.4) is 0 Å². The van der Waals surface area contributed by atoms with Crippen LogP contribution < -0.4 is 10.2 Å². The number of anilines is 1. The summed E-state index contributed by atoms with van der Waals surface area (Å²) in [7, 11) is 3.93. The lowest BCUT2D eigenvalue weighted by atomic mass is 9.97. The molecule has 0 aromatic heterocycles. The number of hydrogen-bond acceptors (Lipinski definition) is 4. The number of benzene rings is 2. The van der Waals surface area contributed by atoms with Gasteiger partial charge in [0, 0.05) is 31.9 Å². The molecule has 0 saturated heterocycles. The molecular formula is C18H22N2O2. The lowest BCUT2D eigenvalue weighted by Gasteiger charge is -2.18. The van der Waals surface area contributed by atoms with Crippen molar-refractivity contribution in [3.8, 4) is 0 Å². The van der Waals surface area contributed by atoms with Crippen LogP contribution in [0.2, 0.25) is 0 Å². The number of aliphatic hydroxyl groups is 1. The molecule has 0 heterocycles. The minimum Gasteiger partial charge on any atom is -0.395 e. The molecule has 2 rings (SSSR count). The van der Waals surface area contributed by atoms with Gasteiger partial charge in [-0.15, -0.1) is 0 Å². The van der Waals surface area contributed by atoms with Gasteiger partial charge in [-0.2, -0.15) is 0 Å². The lowest BCUT2D eigenvalue weighted by molar-refractivity contribution is 0.0940. The molecule has 2 aromatic carbocycles. The van der Waals surface area contributed by atoms with Crippen molar-refractivity contribution in [3.63, 3.8) is 0 Å². The topological polar surface area (TPSA) is 52.6 Å². The molecule has 0 spiro atoms. The van der Waals surface area contributed by atoms with Crippen LogP contribution in [0.25, 0.3) is 0 Å². The van der Waals surface area contributed by atoms with Crippen molar-refractivity contribution in [2.24, 2.45) is 0 Å². The summed E-state index contributed by atoms with van der Waals surface area (Å²) in [6.07, 6.45) is 0. The Morgan fingerprint density at radius 1 is 1.09 bits per heavy atom. The summed E-state index contributed by atoms with van der Waals surface area (Å²) < 4.78 is 0. The maximum atomic E-state index is 12.8. The van der Waals surface area contributed by atoms with Crippen LogP contribution in [0.4, 0.5) is 5.69 Å². The molecule has 4 nitrogen and oxygen atoms in total. The fourth-order valence-electron chi connectivity index (χ4n) is 2.31. The fraction of sp³-hybridized carbons (Fsp3) is 0.278. The molecule has 0 radical (unpaired) electrons. The van der Waals surface area contributed by atoms with Crippen molar-refractivity contribution in [1.29, 1.82) is 0 Å². The lowest BCUT2D eigenvalue weighted by Crippen LogP contribution is -2.31. The Kier molecular flexibility index (Phi) is 5.69. The average molecular weight is 298 g/mol. The number of nitrogens with zero attached hydrogens (tertiary/aromatic N) is 1. The first-order valence-corrected chi connectivity index (χ1v) is 7.34. The Bertz CT molecular complexity index is 594. The number of ketones is 1. The number of aliphatic hydroxyl groups excluding tert-OH is 1. The van der Waals surface area contributed by atoms with Crippen molar-refractivity contribution >= 4 is 11.5 Å². The van der Waals surface area contributed by atoms with E-state index >= 15 is 0 Å². The van der Waals surface area contributed by atoms with Crippen LogP contribution in [0.15, 0.2) is 54.6 Å². The van der Waals surface area contributed by atoms with Gasteiger partial charge < -0.3 is 15.3 Å². The summed E-state index contributed by atoms with van der Waals surface area (Å²) in [5.74, 6) is 0.00459. The number of carbonyl (C=O) groups is 1. The third-order valence-electron chi connectivity index (χ3n) is 3.52. The quantitative estimate of drug-likeness (QED) is 0.770. The summed E-state index contributed by atoms with van der Waals surface area (Å²) in [6, 6.07) is 16.7. The van der Waals surface area contributed by atoms with E-state index in [-0.39, 0.29) is 12.4 Å². The smallest absolute Gasteiger partial charge is 0.184 e. The molecule has 22 heavy (non-hydrogen) atoms. The maximum Gasteiger partial charge on any atom is 0.184 e. The molecule has 116 valence electrons. The third kappa shape index (κ3) is 3.93. The van der Waals surface area contributed by atoms with Crippen LogP contribution in [0.1, 0.15) is 22.0 Å². The highest BCUT2D eigenvalue weighted by Gasteiger charge is 2.21. The summed E-state index contributed by atoms with van der Waals surface area (Å²) >= 11 is 0. The van der Waals surface area contributed by atoms with Gasteiger partial charge in [0.05, 0.1) is 12.6 Å². The van der Waals surface area contributed by atoms with E-state index in [2.05, 4.69) is 5.32 Å². The first-order valence-electron chi connectivity index (χ1n) is 7.34. The SMILES string of the molecule is CN(C)c1ccc(C(=O)[C@H](NCCO)c2ccccc2)cc1. The van der Waals surface area contributed by atoms with E-state index in [1.807, 2.05) is 73.6 Å². The third-order valence-corrected chi connectivity index (χ3v) is 3.52. The Balaban J connectivity index is 2.25. The van der Waals surface area contributed by atoms with Gasteiger partial charge in [0.25, 0.3) is 0 Å². The van der Waals surface area contributed by atoms with E-state index in [1.54, 1.807) is 0 Å². The van der Waals surface area contributed by atoms with Gasteiger partial charge >= 0.3 is 0 Å². The van der Waals surface area contributed by atoms with Crippen molar-refractivity contribution in [2.75, 3.05) is 32.1 Å². The Morgan fingerprint density at radius 2 is 1.73 bits per heavy atom. The highest BCUT2D eigenvalue weighted by Crippen LogP contribution is 2.20. The zero-order valence-corrected chi connectivity index (χ0v) is 13.0. The Hall–Kier alpha value is -2.17. The van der Waals surface area contributed by atoms with E-state index < -0.39 is 6.04 Å². The molecule has 2 aromatic rings. The molecule has 0 unspecified atom stereocenters. The van der Waals surface area contributed by atoms with Crippen molar-refractivity contribution < 1.29 is 9.90 Å². The minimum atomic E-state index is -0.446. The van der Waals surface area contributed by atoms with Crippen molar-refractivity contribution in [1.82, 2.24) is 5.32 Å². The van der Waals surface area contributed by atoms with E-state index in [0.717, 1.165) is 11.3 Å². The zero-order valence-electron chi connectivity index (χ0n) is 13.0. The Morgan fingerprint density at radius 3 is 2.27 bits per heavy atom. The molecule has 0 amide bonds. The standard InChI is InChI=1S/C18H22N2O2/c1-20(2)16-10-8-15(9-11-16)18(22)17(19-12-13-21)14-6-4-3-5-7-14/h3-11,17,19,21H,12-13H2,1-2H3/t17-/m1/s1. The van der Waals surface area contributed by atoms with Crippen molar-refractivity contribution in [3.05, 3.63) is 65.7 Å². The summed E-state index contributed by atoms with van der Waals surface area (Å²) in [5, 5.41) is 12.1. The summed E-state index contributed by atoms with van der Waals surface area (Å²) in [4.78, 5) is 14.8. The van der Waals surface area contributed by atoms with E-state index in [4.69, 9.17) is 5.11 Å². The van der Waals surface area contributed by atoms with Gasteiger partial charge in [0.1, 0.15) is 0 Å². The zero-order chi connectivity index (χ0) is 15.9. The highest BCUT2D eigenvalue weighted by atomic mass is 16.3. The van der Waals surface area contributed by atoms with Crippen LogP contribution in [0.5, 0.6) is 0 Å². The van der Waals surface area contributed by atoms with E-state index in [9.17, 15) is 4.79 Å².